The summed E-state index contributed by atoms with van der Waals surface area (Å²) in [7, 11) is -3.44. The Kier molecular flexibility index (Phi) is 2.13. The van der Waals surface area contributed by atoms with Crippen LogP contribution in [0, 0.1) is 5.41 Å². The summed E-state index contributed by atoms with van der Waals surface area (Å²) in [4.78, 5) is 11.2. The molecule has 0 unspecified atom stereocenters. The molecule has 0 spiro atoms. The highest BCUT2D eigenvalue weighted by molar-refractivity contribution is 7.89. The van der Waals surface area contributed by atoms with Crippen molar-refractivity contribution in [3.63, 3.8) is 0 Å². The van der Waals surface area contributed by atoms with E-state index in [1.54, 1.807) is 6.92 Å². The molecule has 0 saturated carbocycles. The third-order valence-corrected chi connectivity index (χ3v) is 2.22. The average molecular weight is 193 g/mol. The van der Waals surface area contributed by atoms with Gasteiger partial charge in [0.1, 0.15) is 0 Å². The highest BCUT2D eigenvalue weighted by Crippen LogP contribution is 2.26. The lowest BCUT2D eigenvalue weighted by Gasteiger charge is -2.35. The molecule has 1 saturated heterocycles. The lowest BCUT2D eigenvalue weighted by molar-refractivity contribution is -0.155. The second kappa shape index (κ2) is 2.70. The summed E-state index contributed by atoms with van der Waals surface area (Å²) < 4.78 is 28.0. The number of carbonyl (C=O) groups is 1. The third-order valence-electron chi connectivity index (χ3n) is 1.67. The van der Waals surface area contributed by atoms with E-state index in [1.165, 1.54) is 0 Å². The van der Waals surface area contributed by atoms with Gasteiger partial charge in [-0.3, -0.25) is 9.52 Å². The Hall–Kier alpha value is -0.620. The molecule has 0 aromatic heterocycles. The van der Waals surface area contributed by atoms with Crippen LogP contribution in [0.1, 0.15) is 6.92 Å². The molecule has 0 bridgehead atoms. The molecule has 0 aromatic carbocycles. The summed E-state index contributed by atoms with van der Waals surface area (Å²) >= 11 is 0. The minimum Gasteiger partial charge on any atom is -0.379 e. The van der Waals surface area contributed by atoms with E-state index < -0.39 is 21.3 Å². The van der Waals surface area contributed by atoms with Gasteiger partial charge in [0.15, 0.2) is 0 Å². The van der Waals surface area contributed by atoms with Crippen LogP contribution < -0.4 is 4.72 Å². The number of hydrogen-bond donors (Lipinski definition) is 1. The average Bonchev–Trinajstić information content (AvgIpc) is 1.78. The summed E-state index contributed by atoms with van der Waals surface area (Å²) in [6, 6.07) is 0. The Balaban J connectivity index is 2.60. The van der Waals surface area contributed by atoms with Crippen LogP contribution in [0.5, 0.6) is 0 Å². The molecule has 1 rings (SSSR count). The number of sulfonamides is 1. The van der Waals surface area contributed by atoms with E-state index in [9.17, 15) is 13.2 Å². The van der Waals surface area contributed by atoms with Crippen LogP contribution >= 0.6 is 0 Å². The lowest BCUT2D eigenvalue weighted by atomic mass is 9.88. The Bertz CT molecular complexity index is 291. The Morgan fingerprint density at radius 1 is 1.50 bits per heavy atom. The van der Waals surface area contributed by atoms with Gasteiger partial charge in [0.2, 0.25) is 15.9 Å². The molecule has 0 aliphatic carbocycles. The molecule has 1 fully saturated rings. The maximum Gasteiger partial charge on any atom is 0.244 e. The quantitative estimate of drug-likeness (QED) is 0.616. The predicted molar refractivity (Wildman–Crippen MR) is 41.9 cm³/mol. The Morgan fingerprint density at radius 3 is 2.25 bits per heavy atom. The predicted octanol–water partition coefficient (Wildman–Crippen LogP) is -0.901. The second-order valence-corrected chi connectivity index (χ2v) is 5.01. The molecule has 1 aliphatic heterocycles. The number of ether oxygens (including phenoxy) is 1. The van der Waals surface area contributed by atoms with Crippen molar-refractivity contribution in [2.75, 3.05) is 19.5 Å². The number of rotatable bonds is 2. The standard InChI is InChI=1S/C6H11NO4S/c1-6(3-11-4-6)5(8)7-12(2,9)10/h3-4H2,1-2H3,(H,7,8). The zero-order valence-corrected chi connectivity index (χ0v) is 7.77. The van der Waals surface area contributed by atoms with Gasteiger partial charge in [-0.1, -0.05) is 0 Å². The molecule has 6 heteroatoms. The number of amides is 1. The van der Waals surface area contributed by atoms with Crippen LogP contribution in [0.15, 0.2) is 0 Å². The monoisotopic (exact) mass is 193 g/mol. The molecule has 12 heavy (non-hydrogen) atoms. The Morgan fingerprint density at radius 2 is 2.00 bits per heavy atom. The van der Waals surface area contributed by atoms with Crippen molar-refractivity contribution in [2.45, 2.75) is 6.92 Å². The zero-order chi connectivity index (χ0) is 9.41. The van der Waals surface area contributed by atoms with Gasteiger partial charge in [-0.15, -0.1) is 0 Å². The van der Waals surface area contributed by atoms with Crippen molar-refractivity contribution in [2.24, 2.45) is 5.41 Å². The van der Waals surface area contributed by atoms with Gasteiger partial charge in [-0.25, -0.2) is 8.42 Å². The van der Waals surface area contributed by atoms with E-state index in [1.807, 2.05) is 4.72 Å². The number of nitrogens with one attached hydrogen (secondary N) is 1. The first kappa shape index (κ1) is 9.47. The van der Waals surface area contributed by atoms with E-state index in [0.29, 0.717) is 0 Å². The fraction of sp³-hybridized carbons (Fsp3) is 0.833. The van der Waals surface area contributed by atoms with Gasteiger partial charge in [0.05, 0.1) is 24.9 Å². The van der Waals surface area contributed by atoms with E-state index in [4.69, 9.17) is 4.74 Å². The minimum absolute atomic E-state index is 0.286. The van der Waals surface area contributed by atoms with Gasteiger partial charge >= 0.3 is 0 Å². The van der Waals surface area contributed by atoms with E-state index in [-0.39, 0.29) is 13.2 Å². The van der Waals surface area contributed by atoms with Crippen molar-refractivity contribution in [3.05, 3.63) is 0 Å². The molecule has 0 radical (unpaired) electrons. The molecule has 70 valence electrons. The summed E-state index contributed by atoms with van der Waals surface area (Å²) in [6.45, 7) is 2.24. The van der Waals surface area contributed by atoms with Gasteiger partial charge in [-0.05, 0) is 6.92 Å². The van der Waals surface area contributed by atoms with Crippen molar-refractivity contribution in [1.29, 1.82) is 0 Å². The van der Waals surface area contributed by atoms with Gasteiger partial charge in [0, 0.05) is 0 Å². The normalized spacial score (nSPS) is 21.2. The SMILES string of the molecule is CC1(C(=O)NS(C)(=O)=O)COC1. The van der Waals surface area contributed by atoms with E-state index >= 15 is 0 Å². The lowest BCUT2D eigenvalue weighted by Crippen LogP contribution is -2.53. The van der Waals surface area contributed by atoms with Gasteiger partial charge in [0.25, 0.3) is 0 Å². The molecular weight excluding hydrogens is 182 g/mol. The molecule has 0 atom stereocenters. The van der Waals surface area contributed by atoms with Crippen molar-refractivity contribution in [1.82, 2.24) is 4.72 Å². The first-order chi connectivity index (χ1) is 5.33. The molecule has 0 aromatic rings. The van der Waals surface area contributed by atoms with Crippen molar-refractivity contribution >= 4 is 15.9 Å². The molecule has 1 amide bonds. The van der Waals surface area contributed by atoms with Crippen LogP contribution in [0.3, 0.4) is 0 Å². The zero-order valence-electron chi connectivity index (χ0n) is 6.96. The second-order valence-electron chi connectivity index (χ2n) is 3.26. The smallest absolute Gasteiger partial charge is 0.244 e. The highest BCUT2D eigenvalue weighted by Gasteiger charge is 2.42. The minimum atomic E-state index is -3.44. The Labute approximate surface area is 71.1 Å². The van der Waals surface area contributed by atoms with Gasteiger partial charge < -0.3 is 4.74 Å². The topological polar surface area (TPSA) is 72.5 Å². The molecule has 1 N–H and O–H groups in total. The molecular formula is C6H11NO4S. The first-order valence-electron chi connectivity index (χ1n) is 3.43. The van der Waals surface area contributed by atoms with Crippen LogP contribution in [-0.4, -0.2) is 33.8 Å². The molecule has 5 nitrogen and oxygen atoms in total. The summed E-state index contributed by atoms with van der Waals surface area (Å²) in [5.74, 6) is -0.490. The van der Waals surface area contributed by atoms with E-state index in [2.05, 4.69) is 0 Å². The van der Waals surface area contributed by atoms with Crippen LogP contribution in [-0.2, 0) is 19.6 Å². The molecule has 1 heterocycles. The van der Waals surface area contributed by atoms with Crippen LogP contribution in [0.4, 0.5) is 0 Å². The van der Waals surface area contributed by atoms with Crippen LogP contribution in [0.2, 0.25) is 0 Å². The maximum absolute atomic E-state index is 11.2. The summed E-state index contributed by atoms with van der Waals surface area (Å²) in [5.41, 5.74) is -0.664. The van der Waals surface area contributed by atoms with Crippen LogP contribution in [0.25, 0.3) is 0 Å². The number of hydrogen-bond acceptors (Lipinski definition) is 4. The van der Waals surface area contributed by atoms with Crippen molar-refractivity contribution < 1.29 is 17.9 Å². The third kappa shape index (κ3) is 1.95. The first-order valence-corrected chi connectivity index (χ1v) is 5.33. The largest absolute Gasteiger partial charge is 0.379 e. The fourth-order valence-electron chi connectivity index (χ4n) is 0.831. The molecule has 1 aliphatic rings. The van der Waals surface area contributed by atoms with Gasteiger partial charge in [-0.2, -0.15) is 0 Å². The maximum atomic E-state index is 11.2. The highest BCUT2D eigenvalue weighted by atomic mass is 32.2. The van der Waals surface area contributed by atoms with Crippen molar-refractivity contribution in [3.8, 4) is 0 Å². The summed E-state index contributed by atoms with van der Waals surface area (Å²) in [6.07, 6.45) is 0.952. The fourth-order valence-corrected chi connectivity index (χ4v) is 1.41. The summed E-state index contributed by atoms with van der Waals surface area (Å²) in [5, 5.41) is 0. The number of carbonyl (C=O) groups excluding carboxylic acids is 1. The van der Waals surface area contributed by atoms with E-state index in [0.717, 1.165) is 6.26 Å².